The fourth-order valence-electron chi connectivity index (χ4n) is 4.25. The van der Waals surface area contributed by atoms with Gasteiger partial charge in [0, 0.05) is 11.3 Å². The molecule has 2 N–H and O–H groups in total. The Bertz CT molecular complexity index is 548. The van der Waals surface area contributed by atoms with E-state index in [-0.39, 0.29) is 29.8 Å². The van der Waals surface area contributed by atoms with Gasteiger partial charge in [0.1, 0.15) is 5.75 Å². The van der Waals surface area contributed by atoms with Gasteiger partial charge in [-0.25, -0.2) is 0 Å². The van der Waals surface area contributed by atoms with Gasteiger partial charge in [0.15, 0.2) is 0 Å². The molecule has 3 nitrogen and oxygen atoms in total. The number of aliphatic hydroxyl groups is 1. The van der Waals surface area contributed by atoms with E-state index in [9.17, 15) is 10.2 Å². The van der Waals surface area contributed by atoms with Crippen LogP contribution in [0.1, 0.15) is 32.4 Å². The zero-order chi connectivity index (χ0) is 15.2. The van der Waals surface area contributed by atoms with Crippen LogP contribution in [-0.2, 0) is 4.74 Å². The fraction of sp³-hybridized carbons (Fsp3) is 0.556. The summed E-state index contributed by atoms with van der Waals surface area (Å²) in [6, 6.07) is 7.29. The van der Waals surface area contributed by atoms with E-state index in [2.05, 4.69) is 26.8 Å². The molecule has 0 radical (unpaired) electrons. The van der Waals surface area contributed by atoms with Crippen LogP contribution >= 0.6 is 0 Å². The largest absolute Gasteiger partial charge is 0.508 e. The quantitative estimate of drug-likeness (QED) is 0.821. The molecule has 0 spiro atoms. The molecule has 1 fully saturated rings. The van der Waals surface area contributed by atoms with E-state index < -0.39 is 0 Å². The topological polar surface area (TPSA) is 49.7 Å². The van der Waals surface area contributed by atoms with Gasteiger partial charge in [-0.2, -0.15) is 0 Å². The molecule has 1 aliphatic carbocycles. The molecule has 3 heteroatoms. The van der Waals surface area contributed by atoms with Crippen LogP contribution < -0.4 is 0 Å². The molecule has 1 aromatic rings. The summed E-state index contributed by atoms with van der Waals surface area (Å²) in [4.78, 5) is 0. The van der Waals surface area contributed by atoms with Gasteiger partial charge in [-0.3, -0.25) is 0 Å². The van der Waals surface area contributed by atoms with Gasteiger partial charge in [-0.1, -0.05) is 37.6 Å². The number of allylic oxidation sites excluding steroid dienone is 1. The summed E-state index contributed by atoms with van der Waals surface area (Å²) >= 11 is 0. The summed E-state index contributed by atoms with van der Waals surface area (Å²) in [5, 5.41) is 19.4. The minimum absolute atomic E-state index is 0.00373. The van der Waals surface area contributed by atoms with Gasteiger partial charge >= 0.3 is 0 Å². The summed E-state index contributed by atoms with van der Waals surface area (Å²) in [5.41, 5.74) is 2.27. The first-order valence-corrected chi connectivity index (χ1v) is 7.69. The van der Waals surface area contributed by atoms with Gasteiger partial charge in [-0.15, -0.1) is 0 Å². The first-order chi connectivity index (χ1) is 9.99. The Hall–Kier alpha value is -1.32. The van der Waals surface area contributed by atoms with Crippen molar-refractivity contribution in [3.8, 4) is 5.75 Å². The van der Waals surface area contributed by atoms with Crippen LogP contribution in [-0.4, -0.2) is 23.4 Å². The fourth-order valence-corrected chi connectivity index (χ4v) is 4.25. The van der Waals surface area contributed by atoms with Crippen LogP contribution in [0.25, 0.3) is 0 Å². The van der Waals surface area contributed by atoms with Crippen LogP contribution in [0.5, 0.6) is 5.75 Å². The second-order valence-corrected chi connectivity index (χ2v) is 6.73. The zero-order valence-corrected chi connectivity index (χ0v) is 12.9. The second kappa shape index (κ2) is 5.15. The highest BCUT2D eigenvalue weighted by Gasteiger charge is 2.53. The lowest BCUT2D eigenvalue weighted by Crippen LogP contribution is -2.53. The van der Waals surface area contributed by atoms with Crippen LogP contribution in [0.4, 0.5) is 0 Å². The maximum Gasteiger partial charge on any atom is 0.115 e. The summed E-state index contributed by atoms with van der Waals surface area (Å²) in [7, 11) is 0. The second-order valence-electron chi connectivity index (χ2n) is 6.73. The number of fused-ring (bicyclic) bond motifs is 2. The molecule has 5 atom stereocenters. The van der Waals surface area contributed by atoms with Crippen molar-refractivity contribution in [3.05, 3.63) is 41.5 Å². The van der Waals surface area contributed by atoms with Crippen LogP contribution in [0.15, 0.2) is 35.9 Å². The monoisotopic (exact) mass is 288 g/mol. The Morgan fingerprint density at radius 3 is 2.52 bits per heavy atom. The van der Waals surface area contributed by atoms with Gasteiger partial charge < -0.3 is 14.9 Å². The van der Waals surface area contributed by atoms with Crippen molar-refractivity contribution in [2.45, 2.75) is 26.9 Å². The number of rotatable bonds is 2. The molecule has 114 valence electrons. The number of hydrogen-bond donors (Lipinski definition) is 2. The first kappa shape index (κ1) is 14.6. The molecule has 0 amide bonds. The molecule has 0 unspecified atom stereocenters. The Balaban J connectivity index is 2.01. The number of phenols is 1. The van der Waals surface area contributed by atoms with E-state index >= 15 is 0 Å². The third-order valence-electron chi connectivity index (χ3n) is 5.76. The molecule has 3 rings (SSSR count). The van der Waals surface area contributed by atoms with Gasteiger partial charge in [0.05, 0.1) is 19.3 Å². The third-order valence-corrected chi connectivity index (χ3v) is 5.76. The maximum absolute atomic E-state index is 9.97. The highest BCUT2D eigenvalue weighted by atomic mass is 16.5. The van der Waals surface area contributed by atoms with E-state index in [0.29, 0.717) is 18.4 Å². The standard InChI is InChI=1S/C18H24O3/c1-11-8-12(2)18(9-19)10-21-17(16(11)13(18)3)14-4-6-15(20)7-5-14/h4-8,12-13,16-17,19-20H,9-10H2,1-3H3/t12-,13-,16-,17-,18-/m1/s1. The summed E-state index contributed by atoms with van der Waals surface area (Å²) < 4.78 is 6.19. The molecule has 0 aromatic heterocycles. The molecule has 1 saturated heterocycles. The van der Waals surface area contributed by atoms with Gasteiger partial charge in [0.25, 0.3) is 0 Å². The lowest BCUT2D eigenvalue weighted by Gasteiger charge is -2.55. The summed E-state index contributed by atoms with van der Waals surface area (Å²) in [6.07, 6.45) is 2.31. The van der Waals surface area contributed by atoms with E-state index in [1.165, 1.54) is 5.57 Å². The highest BCUT2D eigenvalue weighted by Crippen LogP contribution is 2.55. The predicted molar refractivity (Wildman–Crippen MR) is 81.9 cm³/mol. The molecule has 21 heavy (non-hydrogen) atoms. The Kier molecular flexibility index (Phi) is 3.58. The van der Waals surface area contributed by atoms with Crippen molar-refractivity contribution in [2.75, 3.05) is 13.2 Å². The van der Waals surface area contributed by atoms with E-state index in [0.717, 1.165) is 5.56 Å². The zero-order valence-electron chi connectivity index (χ0n) is 12.9. The maximum atomic E-state index is 9.97. The summed E-state index contributed by atoms with van der Waals surface area (Å²) in [6.45, 7) is 7.33. The van der Waals surface area contributed by atoms with Crippen LogP contribution in [0, 0.1) is 23.2 Å². The van der Waals surface area contributed by atoms with Crippen molar-refractivity contribution in [3.63, 3.8) is 0 Å². The summed E-state index contributed by atoms with van der Waals surface area (Å²) in [5.74, 6) is 1.26. The normalized spacial score (nSPS) is 39.0. The number of hydrogen-bond acceptors (Lipinski definition) is 3. The third kappa shape index (κ3) is 2.11. The van der Waals surface area contributed by atoms with E-state index in [1.807, 2.05) is 12.1 Å². The number of phenolic OH excluding ortho intramolecular Hbond substituents is 1. The number of benzene rings is 1. The van der Waals surface area contributed by atoms with Crippen molar-refractivity contribution < 1.29 is 14.9 Å². The van der Waals surface area contributed by atoms with Crippen molar-refractivity contribution in [1.29, 1.82) is 0 Å². The lowest BCUT2D eigenvalue weighted by atomic mass is 9.56. The number of ether oxygens (including phenoxy) is 1. The SMILES string of the molecule is CC1=C[C@@H](C)[C@@]2(CO)CO[C@H](c3ccc(O)cc3)[C@H]1[C@H]2C. The molecule has 1 aliphatic heterocycles. The Morgan fingerprint density at radius 1 is 1.24 bits per heavy atom. The Labute approximate surface area is 126 Å². The molecule has 0 saturated carbocycles. The average molecular weight is 288 g/mol. The van der Waals surface area contributed by atoms with Crippen molar-refractivity contribution >= 4 is 0 Å². The molecular weight excluding hydrogens is 264 g/mol. The molecule has 1 heterocycles. The van der Waals surface area contributed by atoms with Crippen molar-refractivity contribution in [1.82, 2.24) is 0 Å². The van der Waals surface area contributed by atoms with E-state index in [1.54, 1.807) is 12.1 Å². The van der Waals surface area contributed by atoms with E-state index in [4.69, 9.17) is 4.74 Å². The average Bonchev–Trinajstić information content (AvgIpc) is 2.46. The number of aliphatic hydroxyl groups excluding tert-OH is 1. The first-order valence-electron chi connectivity index (χ1n) is 7.69. The van der Waals surface area contributed by atoms with Crippen LogP contribution in [0.2, 0.25) is 0 Å². The smallest absolute Gasteiger partial charge is 0.115 e. The predicted octanol–water partition coefficient (Wildman–Crippen LogP) is 3.29. The molecule has 2 bridgehead atoms. The van der Waals surface area contributed by atoms with Gasteiger partial charge in [0.2, 0.25) is 0 Å². The lowest BCUT2D eigenvalue weighted by molar-refractivity contribution is -0.165. The minimum Gasteiger partial charge on any atom is -0.508 e. The van der Waals surface area contributed by atoms with Gasteiger partial charge in [-0.05, 0) is 36.5 Å². The molecule has 1 aromatic carbocycles. The van der Waals surface area contributed by atoms with Crippen LogP contribution in [0.3, 0.4) is 0 Å². The number of aromatic hydroxyl groups is 1. The Morgan fingerprint density at radius 2 is 1.90 bits per heavy atom. The minimum atomic E-state index is -0.169. The molecular formula is C18H24O3. The molecule has 2 aliphatic rings. The highest BCUT2D eigenvalue weighted by molar-refractivity contribution is 5.31. The van der Waals surface area contributed by atoms with Crippen molar-refractivity contribution in [2.24, 2.45) is 23.2 Å².